The lowest BCUT2D eigenvalue weighted by Gasteiger charge is -2.24. The van der Waals surface area contributed by atoms with Crippen molar-refractivity contribution in [3.63, 3.8) is 0 Å². The highest BCUT2D eigenvalue weighted by Gasteiger charge is 2.44. The van der Waals surface area contributed by atoms with Crippen LogP contribution in [-0.4, -0.2) is 21.5 Å². The van der Waals surface area contributed by atoms with Gasteiger partial charge in [-0.05, 0) is 25.8 Å². The first-order chi connectivity index (χ1) is 6.93. The fourth-order valence-corrected chi connectivity index (χ4v) is 1.95. The van der Waals surface area contributed by atoms with Gasteiger partial charge >= 0.3 is 7.60 Å². The zero-order valence-corrected chi connectivity index (χ0v) is 9.78. The van der Waals surface area contributed by atoms with Gasteiger partial charge in [-0.1, -0.05) is 6.92 Å². The molecule has 0 bridgehead atoms. The normalized spacial score (nSPS) is 15.9. The Kier molecular flexibility index (Phi) is 5.59. The van der Waals surface area contributed by atoms with Gasteiger partial charge in [-0.15, -0.1) is 0 Å². The van der Waals surface area contributed by atoms with Crippen molar-refractivity contribution in [2.75, 3.05) is 6.61 Å². The average Bonchev–Trinajstić information content (AvgIpc) is 2.17. The predicted molar refractivity (Wildman–Crippen MR) is 56.1 cm³/mol. The second-order valence-corrected chi connectivity index (χ2v) is 5.02. The second kappa shape index (κ2) is 5.92. The summed E-state index contributed by atoms with van der Waals surface area (Å²) in [4.78, 5) is 18.2. The summed E-state index contributed by atoms with van der Waals surface area (Å²) in [5, 5.41) is 7.23. The Hall–Kier alpha value is -0.820. The molecule has 0 aromatic rings. The molecule has 0 aromatic heterocycles. The van der Waals surface area contributed by atoms with E-state index in [1.807, 2.05) is 0 Å². The Bertz CT molecular complexity index is 304. The van der Waals surface area contributed by atoms with Crippen LogP contribution in [0.25, 0.3) is 0 Å². The van der Waals surface area contributed by atoms with E-state index in [-0.39, 0.29) is 12.8 Å². The van der Waals surface area contributed by atoms with E-state index in [4.69, 9.17) is 19.8 Å². The summed E-state index contributed by atoms with van der Waals surface area (Å²) in [7, 11) is -4.42. The van der Waals surface area contributed by atoms with E-state index in [9.17, 15) is 4.57 Å². The quantitative estimate of drug-likeness (QED) is 0.539. The molecule has 86 valence electrons. The van der Waals surface area contributed by atoms with Crippen LogP contribution in [-0.2, 0) is 9.30 Å². The number of hydrogen-bond acceptors (Lipinski definition) is 3. The van der Waals surface area contributed by atoms with Crippen LogP contribution in [0.3, 0.4) is 0 Å². The smallest absolute Gasteiger partial charge is 0.345 e. The van der Waals surface area contributed by atoms with Gasteiger partial charge in [0.05, 0.1) is 18.9 Å². The van der Waals surface area contributed by atoms with E-state index in [0.717, 1.165) is 0 Å². The van der Waals surface area contributed by atoms with Gasteiger partial charge in [-0.3, -0.25) is 4.57 Å². The highest BCUT2D eigenvalue weighted by Crippen LogP contribution is 2.54. The molecule has 0 aliphatic heterocycles. The molecular formula is C9H16NO4P. The van der Waals surface area contributed by atoms with Crippen molar-refractivity contribution in [3.05, 3.63) is 12.3 Å². The summed E-state index contributed by atoms with van der Waals surface area (Å²) >= 11 is 0. The molecule has 0 fully saturated rings. The summed E-state index contributed by atoms with van der Waals surface area (Å²) in [5.41, 5.74) is 0. The van der Waals surface area contributed by atoms with E-state index in [2.05, 4.69) is 0 Å². The molecule has 0 spiro atoms. The number of ether oxygens (including phenoxy) is 1. The van der Waals surface area contributed by atoms with Crippen LogP contribution in [0.1, 0.15) is 26.7 Å². The maximum absolute atomic E-state index is 11.2. The first kappa shape index (κ1) is 14.2. The molecule has 6 heteroatoms. The number of allylic oxidation sites excluding steroid dienone is 1. The van der Waals surface area contributed by atoms with E-state index >= 15 is 0 Å². The maximum Gasteiger partial charge on any atom is 0.345 e. The molecule has 2 N–H and O–H groups in total. The topological polar surface area (TPSA) is 90.5 Å². The molecule has 0 saturated heterocycles. The Morgan fingerprint density at radius 1 is 1.53 bits per heavy atom. The summed E-state index contributed by atoms with van der Waals surface area (Å²) < 4.78 is 16.1. The first-order valence-corrected chi connectivity index (χ1v) is 6.28. The fourth-order valence-electron chi connectivity index (χ4n) is 1.07. The lowest BCUT2D eigenvalue weighted by atomic mass is 10.0. The monoisotopic (exact) mass is 233 g/mol. The lowest BCUT2D eigenvalue weighted by Crippen LogP contribution is -2.25. The van der Waals surface area contributed by atoms with Crippen LogP contribution in [0, 0.1) is 11.3 Å². The summed E-state index contributed by atoms with van der Waals surface area (Å²) in [6, 6.07) is 1.71. The number of rotatable bonds is 6. The minimum atomic E-state index is -4.42. The summed E-state index contributed by atoms with van der Waals surface area (Å²) in [6.45, 7) is 3.86. The van der Waals surface area contributed by atoms with E-state index < -0.39 is 12.8 Å². The third kappa shape index (κ3) is 3.67. The largest absolute Gasteiger partial charge is 0.502 e. The number of nitriles is 1. The Labute approximate surface area is 89.5 Å². The molecule has 0 aromatic carbocycles. The number of nitrogens with zero attached hydrogens (tertiary/aromatic N) is 1. The van der Waals surface area contributed by atoms with Gasteiger partial charge in [0, 0.05) is 0 Å². The first-order valence-electron chi connectivity index (χ1n) is 4.67. The molecular weight excluding hydrogens is 217 g/mol. The summed E-state index contributed by atoms with van der Waals surface area (Å²) in [6.07, 6.45) is 2.92. The SMILES string of the molecule is CCOC=CCC(C#N)(CC)P(=O)(O)O. The molecule has 0 rings (SSSR count). The lowest BCUT2D eigenvalue weighted by molar-refractivity contribution is 0.267. The van der Waals surface area contributed by atoms with Crippen LogP contribution >= 0.6 is 7.60 Å². The third-order valence-electron chi connectivity index (χ3n) is 2.17. The zero-order valence-electron chi connectivity index (χ0n) is 8.88. The maximum atomic E-state index is 11.2. The van der Waals surface area contributed by atoms with E-state index in [1.54, 1.807) is 19.9 Å². The minimum Gasteiger partial charge on any atom is -0.502 e. The Morgan fingerprint density at radius 3 is 2.47 bits per heavy atom. The Morgan fingerprint density at radius 2 is 2.13 bits per heavy atom. The zero-order chi connectivity index (χ0) is 11.9. The van der Waals surface area contributed by atoms with Crippen LogP contribution in [0.5, 0.6) is 0 Å². The molecule has 15 heavy (non-hydrogen) atoms. The van der Waals surface area contributed by atoms with E-state index in [1.165, 1.54) is 12.3 Å². The summed E-state index contributed by atoms with van der Waals surface area (Å²) in [5.74, 6) is 0. The molecule has 0 heterocycles. The minimum absolute atomic E-state index is 0.00965. The number of hydrogen-bond donors (Lipinski definition) is 2. The average molecular weight is 233 g/mol. The second-order valence-electron chi connectivity index (χ2n) is 3.07. The van der Waals surface area contributed by atoms with Gasteiger partial charge in [0.1, 0.15) is 0 Å². The van der Waals surface area contributed by atoms with Gasteiger partial charge in [0.25, 0.3) is 0 Å². The van der Waals surface area contributed by atoms with Gasteiger partial charge < -0.3 is 14.5 Å². The highest BCUT2D eigenvalue weighted by atomic mass is 31.2. The van der Waals surface area contributed by atoms with Crippen molar-refractivity contribution in [1.82, 2.24) is 0 Å². The van der Waals surface area contributed by atoms with Gasteiger partial charge in [-0.2, -0.15) is 5.26 Å². The standard InChI is InChI=1S/C9H16NO4P/c1-3-9(8-10,15(11,12)13)6-5-7-14-4-2/h5,7H,3-4,6H2,1-2H3,(H2,11,12,13). The van der Waals surface area contributed by atoms with Crippen LogP contribution in [0.2, 0.25) is 0 Å². The highest BCUT2D eigenvalue weighted by molar-refractivity contribution is 7.54. The van der Waals surface area contributed by atoms with Crippen molar-refractivity contribution in [1.29, 1.82) is 5.26 Å². The van der Waals surface area contributed by atoms with Crippen molar-refractivity contribution >= 4 is 7.60 Å². The fraction of sp³-hybridized carbons (Fsp3) is 0.667. The third-order valence-corrected chi connectivity index (χ3v) is 3.88. The molecule has 1 atom stereocenters. The van der Waals surface area contributed by atoms with Crippen molar-refractivity contribution in [2.45, 2.75) is 31.8 Å². The molecule has 5 nitrogen and oxygen atoms in total. The molecule has 1 unspecified atom stereocenters. The molecule has 0 aliphatic carbocycles. The Balaban J connectivity index is 4.70. The van der Waals surface area contributed by atoms with Crippen LogP contribution < -0.4 is 0 Å². The van der Waals surface area contributed by atoms with Crippen molar-refractivity contribution in [3.8, 4) is 6.07 Å². The predicted octanol–water partition coefficient (Wildman–Crippen LogP) is 1.78. The van der Waals surface area contributed by atoms with Crippen LogP contribution in [0.4, 0.5) is 0 Å². The molecule has 0 radical (unpaired) electrons. The van der Waals surface area contributed by atoms with Gasteiger partial charge in [-0.25, -0.2) is 0 Å². The van der Waals surface area contributed by atoms with Crippen molar-refractivity contribution in [2.24, 2.45) is 0 Å². The molecule has 0 amide bonds. The van der Waals surface area contributed by atoms with Crippen LogP contribution in [0.15, 0.2) is 12.3 Å². The van der Waals surface area contributed by atoms with Crippen molar-refractivity contribution < 1.29 is 19.1 Å². The molecule has 0 saturated carbocycles. The van der Waals surface area contributed by atoms with E-state index in [0.29, 0.717) is 6.61 Å². The molecule has 0 aliphatic rings. The van der Waals surface area contributed by atoms with Gasteiger partial charge in [0.2, 0.25) is 0 Å². The van der Waals surface area contributed by atoms with Gasteiger partial charge in [0.15, 0.2) is 5.16 Å².